The first-order chi connectivity index (χ1) is 10.1. The van der Waals surface area contributed by atoms with Gasteiger partial charge in [-0.1, -0.05) is 6.07 Å². The Balaban J connectivity index is 2.00. The molecule has 0 aliphatic carbocycles. The minimum absolute atomic E-state index is 0.102. The lowest BCUT2D eigenvalue weighted by atomic mass is 10.2. The molecule has 0 spiro atoms. The predicted molar refractivity (Wildman–Crippen MR) is 85.8 cm³/mol. The summed E-state index contributed by atoms with van der Waals surface area (Å²) in [5.74, 6) is 0.581. The number of aromatic nitrogens is 2. The number of nitrogens with one attached hydrogen (secondary N) is 1. The van der Waals surface area contributed by atoms with E-state index in [0.29, 0.717) is 11.5 Å². The van der Waals surface area contributed by atoms with Crippen LogP contribution in [0.25, 0.3) is 0 Å². The van der Waals surface area contributed by atoms with Crippen LogP contribution in [0.4, 0.5) is 5.82 Å². The number of carbonyl (C=O) groups excluding carboxylic acids is 1. The Labute approximate surface area is 129 Å². The molecule has 0 bridgehead atoms. The summed E-state index contributed by atoms with van der Waals surface area (Å²) in [6, 6.07) is 4.23. The standard InChI is InChI=1S/C15H20N4OS/c1-4-16-14-10-17-13(9-18-14)15(20)19(3)11(2)8-12-6-5-7-21-12/h5-7,9-11H,4,8H2,1-3H3,(H,16,18). The maximum absolute atomic E-state index is 12.4. The van der Waals surface area contributed by atoms with Gasteiger partial charge in [-0.05, 0) is 25.3 Å². The number of hydrogen-bond acceptors (Lipinski definition) is 5. The molecule has 0 fully saturated rings. The fraction of sp³-hybridized carbons (Fsp3) is 0.400. The van der Waals surface area contributed by atoms with Gasteiger partial charge in [-0.15, -0.1) is 11.3 Å². The molecule has 2 heterocycles. The highest BCUT2D eigenvalue weighted by Crippen LogP contribution is 2.14. The Hall–Kier alpha value is -1.95. The monoisotopic (exact) mass is 304 g/mol. The molecule has 2 rings (SSSR count). The van der Waals surface area contributed by atoms with Gasteiger partial charge < -0.3 is 10.2 Å². The predicted octanol–water partition coefficient (Wildman–Crippen LogP) is 2.67. The van der Waals surface area contributed by atoms with Crippen molar-refractivity contribution in [2.75, 3.05) is 18.9 Å². The number of likely N-dealkylation sites (N-methyl/N-ethyl adjacent to an activating group) is 1. The third-order valence-corrected chi connectivity index (χ3v) is 4.19. The second-order valence-corrected chi connectivity index (χ2v) is 5.90. The average molecular weight is 304 g/mol. The largest absolute Gasteiger partial charge is 0.369 e. The molecular formula is C15H20N4OS. The molecule has 1 atom stereocenters. The van der Waals surface area contributed by atoms with E-state index in [4.69, 9.17) is 0 Å². The Bertz CT molecular complexity index is 568. The van der Waals surface area contributed by atoms with Crippen molar-refractivity contribution < 1.29 is 4.79 Å². The van der Waals surface area contributed by atoms with Crippen LogP contribution in [0.5, 0.6) is 0 Å². The SMILES string of the molecule is CCNc1cnc(C(=O)N(C)C(C)Cc2cccs2)cn1. The van der Waals surface area contributed by atoms with E-state index >= 15 is 0 Å². The second-order valence-electron chi connectivity index (χ2n) is 4.87. The molecule has 0 aromatic carbocycles. The topological polar surface area (TPSA) is 58.1 Å². The summed E-state index contributed by atoms with van der Waals surface area (Å²) >= 11 is 1.71. The first kappa shape index (κ1) is 15.4. The first-order valence-electron chi connectivity index (χ1n) is 6.97. The average Bonchev–Trinajstić information content (AvgIpc) is 3.00. The molecule has 6 heteroatoms. The van der Waals surface area contributed by atoms with Crippen molar-refractivity contribution in [1.82, 2.24) is 14.9 Å². The number of carbonyl (C=O) groups is 1. The van der Waals surface area contributed by atoms with Gasteiger partial charge in [0.1, 0.15) is 11.5 Å². The second kappa shape index (κ2) is 7.17. The Kier molecular flexibility index (Phi) is 5.27. The Morgan fingerprint density at radius 3 is 2.81 bits per heavy atom. The summed E-state index contributed by atoms with van der Waals surface area (Å²) in [5, 5.41) is 5.11. The number of thiophene rings is 1. The van der Waals surface area contributed by atoms with Gasteiger partial charge in [-0.3, -0.25) is 4.79 Å². The summed E-state index contributed by atoms with van der Waals surface area (Å²) in [5.41, 5.74) is 0.372. The fourth-order valence-corrected chi connectivity index (χ4v) is 2.78. The van der Waals surface area contributed by atoms with Crippen LogP contribution in [0.2, 0.25) is 0 Å². The van der Waals surface area contributed by atoms with Crippen LogP contribution in [0.15, 0.2) is 29.9 Å². The molecule has 21 heavy (non-hydrogen) atoms. The van der Waals surface area contributed by atoms with E-state index < -0.39 is 0 Å². The van der Waals surface area contributed by atoms with Crippen LogP contribution in [0, 0.1) is 0 Å². The molecule has 5 nitrogen and oxygen atoms in total. The van der Waals surface area contributed by atoms with E-state index in [1.165, 1.54) is 11.1 Å². The van der Waals surface area contributed by atoms with Crippen LogP contribution >= 0.6 is 11.3 Å². The Morgan fingerprint density at radius 1 is 1.43 bits per heavy atom. The number of amides is 1. The third kappa shape index (κ3) is 4.01. The van der Waals surface area contributed by atoms with Crippen LogP contribution in [0.1, 0.15) is 29.2 Å². The van der Waals surface area contributed by atoms with Crippen LogP contribution in [0.3, 0.4) is 0 Å². The number of rotatable bonds is 6. The molecule has 1 N–H and O–H groups in total. The van der Waals surface area contributed by atoms with E-state index in [9.17, 15) is 4.79 Å². The zero-order valence-electron chi connectivity index (χ0n) is 12.5. The van der Waals surface area contributed by atoms with Gasteiger partial charge in [0.2, 0.25) is 0 Å². The van der Waals surface area contributed by atoms with Gasteiger partial charge in [-0.2, -0.15) is 0 Å². The van der Waals surface area contributed by atoms with Gasteiger partial charge in [0.25, 0.3) is 5.91 Å². The first-order valence-corrected chi connectivity index (χ1v) is 7.85. The van der Waals surface area contributed by atoms with E-state index in [1.54, 1.807) is 29.5 Å². The summed E-state index contributed by atoms with van der Waals surface area (Å²) in [6.07, 6.45) is 3.96. The molecule has 1 unspecified atom stereocenters. The van der Waals surface area contributed by atoms with Crippen molar-refractivity contribution in [3.05, 3.63) is 40.5 Å². The van der Waals surface area contributed by atoms with Gasteiger partial charge >= 0.3 is 0 Å². The van der Waals surface area contributed by atoms with Gasteiger partial charge in [0.15, 0.2) is 0 Å². The highest BCUT2D eigenvalue weighted by molar-refractivity contribution is 7.09. The van der Waals surface area contributed by atoms with Crippen molar-refractivity contribution in [2.45, 2.75) is 26.3 Å². The maximum atomic E-state index is 12.4. The van der Waals surface area contributed by atoms with Crippen molar-refractivity contribution >= 4 is 23.1 Å². The lowest BCUT2D eigenvalue weighted by molar-refractivity contribution is 0.0737. The minimum Gasteiger partial charge on any atom is -0.369 e. The molecule has 0 saturated carbocycles. The van der Waals surface area contributed by atoms with Crippen molar-refractivity contribution in [3.63, 3.8) is 0 Å². The summed E-state index contributed by atoms with van der Waals surface area (Å²) in [4.78, 5) is 23.8. The summed E-state index contributed by atoms with van der Waals surface area (Å²) in [6.45, 7) is 4.80. The van der Waals surface area contributed by atoms with Crippen LogP contribution < -0.4 is 5.32 Å². The molecule has 0 saturated heterocycles. The highest BCUT2D eigenvalue weighted by Gasteiger charge is 2.19. The third-order valence-electron chi connectivity index (χ3n) is 3.29. The van der Waals surface area contributed by atoms with Gasteiger partial charge in [0.05, 0.1) is 12.4 Å². The zero-order valence-corrected chi connectivity index (χ0v) is 13.4. The van der Waals surface area contributed by atoms with E-state index in [0.717, 1.165) is 13.0 Å². The normalized spacial score (nSPS) is 12.0. The molecule has 2 aromatic heterocycles. The van der Waals surface area contributed by atoms with E-state index in [2.05, 4.69) is 26.7 Å². The fourth-order valence-electron chi connectivity index (χ4n) is 1.95. The smallest absolute Gasteiger partial charge is 0.274 e. The molecule has 1 amide bonds. The molecular weight excluding hydrogens is 284 g/mol. The molecule has 112 valence electrons. The highest BCUT2D eigenvalue weighted by atomic mass is 32.1. The summed E-state index contributed by atoms with van der Waals surface area (Å²) < 4.78 is 0. The van der Waals surface area contributed by atoms with Crippen molar-refractivity contribution in [3.8, 4) is 0 Å². The van der Waals surface area contributed by atoms with Crippen LogP contribution in [-0.4, -0.2) is 40.4 Å². The number of nitrogens with zero attached hydrogens (tertiary/aromatic N) is 3. The summed E-state index contributed by atoms with van der Waals surface area (Å²) in [7, 11) is 1.81. The molecule has 0 aliphatic heterocycles. The van der Waals surface area contributed by atoms with Crippen molar-refractivity contribution in [1.29, 1.82) is 0 Å². The van der Waals surface area contributed by atoms with E-state index in [-0.39, 0.29) is 11.9 Å². The van der Waals surface area contributed by atoms with E-state index in [1.807, 2.05) is 19.9 Å². The minimum atomic E-state index is -0.102. The van der Waals surface area contributed by atoms with Crippen molar-refractivity contribution in [2.24, 2.45) is 0 Å². The lowest BCUT2D eigenvalue weighted by Gasteiger charge is -2.24. The quantitative estimate of drug-likeness (QED) is 0.891. The Morgan fingerprint density at radius 2 is 2.24 bits per heavy atom. The molecule has 0 aliphatic rings. The zero-order chi connectivity index (χ0) is 15.2. The number of anilines is 1. The number of hydrogen-bond donors (Lipinski definition) is 1. The van der Waals surface area contributed by atoms with Gasteiger partial charge in [0, 0.05) is 30.9 Å². The molecule has 2 aromatic rings. The van der Waals surface area contributed by atoms with Gasteiger partial charge in [-0.25, -0.2) is 9.97 Å². The van der Waals surface area contributed by atoms with Crippen LogP contribution in [-0.2, 0) is 6.42 Å². The maximum Gasteiger partial charge on any atom is 0.274 e. The molecule has 0 radical (unpaired) electrons. The lowest BCUT2D eigenvalue weighted by Crippen LogP contribution is -2.36.